The van der Waals surface area contributed by atoms with E-state index in [9.17, 15) is 0 Å². The van der Waals surface area contributed by atoms with E-state index < -0.39 is 18.1 Å². The van der Waals surface area contributed by atoms with Gasteiger partial charge in [-0.3, -0.25) is 0 Å². The maximum absolute atomic E-state index is 15.6. The van der Waals surface area contributed by atoms with Crippen molar-refractivity contribution in [3.8, 4) is 0 Å². The van der Waals surface area contributed by atoms with Gasteiger partial charge in [-0.2, -0.15) is 0 Å². The number of rotatable bonds is 13. The van der Waals surface area contributed by atoms with Crippen LogP contribution in [0, 0.1) is 40.4 Å². The molecule has 0 bridgehead atoms. The number of hydrogen-bond acceptors (Lipinski definition) is 6. The van der Waals surface area contributed by atoms with Crippen molar-refractivity contribution in [2.24, 2.45) is 40.4 Å². The minimum absolute atomic E-state index is 0.0220. The summed E-state index contributed by atoms with van der Waals surface area (Å²) in [5.74, 6) is 3.08. The second-order valence-corrected chi connectivity index (χ2v) is 19.7. The third-order valence-electron chi connectivity index (χ3n) is 14.3. The molecular weight excluding hydrogens is 734 g/mol. The molecule has 0 aromatic heterocycles. The maximum atomic E-state index is 15.6. The zero-order chi connectivity index (χ0) is 35.0. The minimum atomic E-state index is -1.02. The van der Waals surface area contributed by atoms with Crippen molar-refractivity contribution >= 4 is 22.6 Å². The van der Waals surface area contributed by atoms with Crippen molar-refractivity contribution in [1.29, 1.82) is 0 Å². The highest BCUT2D eigenvalue weighted by Crippen LogP contribution is 2.69. The molecule has 2 saturated heterocycles. The molecule has 0 radical (unpaired) electrons. The van der Waals surface area contributed by atoms with E-state index in [0.29, 0.717) is 48.0 Å². The lowest BCUT2D eigenvalue weighted by Crippen LogP contribution is -2.59. The van der Waals surface area contributed by atoms with Gasteiger partial charge >= 0.3 is 0 Å². The Labute approximate surface area is 311 Å². The summed E-state index contributed by atoms with van der Waals surface area (Å²) in [7, 11) is 0. The molecule has 6 rings (SSSR count). The number of halogens is 2. The number of alkyl halides is 2. The molecule has 2 heterocycles. The van der Waals surface area contributed by atoms with Crippen LogP contribution in [0.15, 0.2) is 11.6 Å². The summed E-state index contributed by atoms with van der Waals surface area (Å²) in [4.78, 5) is 0. The number of ether oxygens (including phenoxy) is 6. The lowest BCUT2D eigenvalue weighted by molar-refractivity contribution is -0.251. The smallest absolute Gasteiger partial charge is 0.159 e. The van der Waals surface area contributed by atoms with Crippen molar-refractivity contribution < 1.29 is 32.8 Å². The van der Waals surface area contributed by atoms with Crippen molar-refractivity contribution in [3.05, 3.63) is 11.6 Å². The number of allylic oxidation sites excluding steroid dienone is 1. The fraction of sp³-hybridized carbons (Fsp3) is 0.951. The minimum Gasteiger partial charge on any atom is -0.353 e. The summed E-state index contributed by atoms with van der Waals surface area (Å²) in [6.07, 6.45) is 17.1. The Kier molecular flexibility index (Phi) is 12.6. The van der Waals surface area contributed by atoms with E-state index in [4.69, 9.17) is 28.4 Å². The van der Waals surface area contributed by atoms with Crippen molar-refractivity contribution in [3.63, 3.8) is 0 Å². The molecule has 0 amide bonds. The van der Waals surface area contributed by atoms with Crippen LogP contribution in [-0.4, -0.2) is 60.2 Å². The third kappa shape index (κ3) is 8.16. The topological polar surface area (TPSA) is 55.4 Å². The molecule has 13 atom stereocenters. The average molecular weight is 803 g/mol. The van der Waals surface area contributed by atoms with Gasteiger partial charge in [-0.25, -0.2) is 4.39 Å². The first kappa shape index (κ1) is 38.9. The van der Waals surface area contributed by atoms with Crippen LogP contribution in [0.25, 0.3) is 0 Å². The van der Waals surface area contributed by atoms with Gasteiger partial charge in [0.05, 0.1) is 11.7 Å². The van der Waals surface area contributed by atoms with E-state index in [2.05, 4.69) is 49.4 Å². The van der Waals surface area contributed by atoms with E-state index in [1.165, 1.54) is 38.5 Å². The van der Waals surface area contributed by atoms with E-state index >= 15 is 4.39 Å². The Morgan fingerprint density at radius 2 is 1.67 bits per heavy atom. The van der Waals surface area contributed by atoms with Gasteiger partial charge in [0, 0.05) is 38.1 Å². The highest BCUT2D eigenvalue weighted by molar-refractivity contribution is 14.1. The molecule has 5 fully saturated rings. The molecule has 6 aliphatic rings. The van der Waals surface area contributed by atoms with Crippen LogP contribution < -0.4 is 0 Å². The predicted molar refractivity (Wildman–Crippen MR) is 200 cm³/mol. The highest BCUT2D eigenvalue weighted by atomic mass is 127. The second kappa shape index (κ2) is 15.9. The zero-order valence-electron chi connectivity index (χ0n) is 31.8. The molecule has 0 aromatic rings. The van der Waals surface area contributed by atoms with E-state index in [1.807, 2.05) is 27.7 Å². The summed E-state index contributed by atoms with van der Waals surface area (Å²) in [6.45, 7) is 17.3. The molecule has 3 unspecified atom stereocenters. The fourth-order valence-corrected chi connectivity index (χ4v) is 12.8. The van der Waals surface area contributed by atoms with Crippen LogP contribution in [-0.2, 0) is 28.4 Å². The van der Waals surface area contributed by atoms with Crippen molar-refractivity contribution in [2.75, 3.05) is 19.8 Å². The summed E-state index contributed by atoms with van der Waals surface area (Å²) in [5.41, 5.74) is 0.970. The zero-order valence-corrected chi connectivity index (χ0v) is 33.9. The van der Waals surface area contributed by atoms with Gasteiger partial charge in [0.2, 0.25) is 0 Å². The van der Waals surface area contributed by atoms with Crippen LogP contribution in [0.5, 0.6) is 0 Å². The molecule has 2 aliphatic heterocycles. The van der Waals surface area contributed by atoms with E-state index in [1.54, 1.807) is 5.57 Å². The Morgan fingerprint density at radius 1 is 0.959 bits per heavy atom. The molecule has 282 valence electrons. The average Bonchev–Trinajstić information content (AvgIpc) is 3.42. The molecule has 6 nitrogen and oxygen atoms in total. The summed E-state index contributed by atoms with van der Waals surface area (Å²) < 4.78 is 53.1. The number of hydrogen-bond donors (Lipinski definition) is 0. The van der Waals surface area contributed by atoms with Gasteiger partial charge in [-0.05, 0) is 169 Å². The summed E-state index contributed by atoms with van der Waals surface area (Å²) in [6, 6.07) is 0. The normalized spacial score (nSPS) is 43.1. The summed E-state index contributed by atoms with van der Waals surface area (Å²) in [5, 5.41) is 0. The van der Waals surface area contributed by atoms with Crippen LogP contribution in [0.3, 0.4) is 0 Å². The standard InChI is InChI=1S/C41H68FIO6/c1-8-44-28(3)48-38(4,5)34(42)20-15-27(2)31-18-19-32-30-17-16-29-25-41(43,49-37-14-10-12-24-46-37)26-35(47-36-13-9-11-23-45-36)40(29,7)33(30)21-22-39(31,32)6/h16,27-28,30-37H,8-15,17-26H2,1-7H3/t27-,28?,30+,31-,32+,33+,34-,35+,36?,37?,39-,40+,41-/m1/s1. The summed E-state index contributed by atoms with van der Waals surface area (Å²) >= 11 is 2.60. The quantitative estimate of drug-likeness (QED) is 0.0800. The molecular formula is C41H68FIO6. The van der Waals surface area contributed by atoms with Crippen molar-refractivity contribution in [1.82, 2.24) is 0 Å². The Balaban J connectivity index is 1.17. The van der Waals surface area contributed by atoms with Gasteiger partial charge in [-0.1, -0.05) is 32.4 Å². The van der Waals surface area contributed by atoms with Gasteiger partial charge in [0.25, 0.3) is 0 Å². The third-order valence-corrected chi connectivity index (χ3v) is 15.4. The maximum Gasteiger partial charge on any atom is 0.159 e. The molecule has 0 aromatic carbocycles. The van der Waals surface area contributed by atoms with Gasteiger partial charge in [0.1, 0.15) is 9.78 Å². The number of fused-ring (bicyclic) bond motifs is 5. The van der Waals surface area contributed by atoms with E-state index in [-0.39, 0.29) is 27.7 Å². The first-order valence-corrected chi connectivity index (χ1v) is 21.3. The first-order valence-electron chi connectivity index (χ1n) is 20.2. The van der Waals surface area contributed by atoms with Gasteiger partial charge < -0.3 is 28.4 Å². The van der Waals surface area contributed by atoms with Crippen molar-refractivity contribution in [2.45, 2.75) is 185 Å². The largest absolute Gasteiger partial charge is 0.353 e. The lowest BCUT2D eigenvalue weighted by Gasteiger charge is -2.61. The van der Waals surface area contributed by atoms with Gasteiger partial charge in [0.15, 0.2) is 18.9 Å². The molecule has 4 aliphatic carbocycles. The van der Waals surface area contributed by atoms with Gasteiger partial charge in [-0.15, -0.1) is 0 Å². The molecule has 0 N–H and O–H groups in total. The van der Waals surface area contributed by atoms with Crippen LogP contribution in [0.1, 0.15) is 145 Å². The molecule has 3 saturated carbocycles. The lowest BCUT2D eigenvalue weighted by atomic mass is 9.46. The predicted octanol–water partition coefficient (Wildman–Crippen LogP) is 10.7. The molecule has 8 heteroatoms. The monoisotopic (exact) mass is 802 g/mol. The first-order chi connectivity index (χ1) is 23.3. The van der Waals surface area contributed by atoms with Crippen LogP contribution in [0.4, 0.5) is 4.39 Å². The van der Waals surface area contributed by atoms with E-state index in [0.717, 1.165) is 64.6 Å². The Morgan fingerprint density at radius 3 is 2.35 bits per heavy atom. The second-order valence-electron chi connectivity index (χ2n) is 17.7. The molecule has 49 heavy (non-hydrogen) atoms. The SMILES string of the molecule is CCOC(C)OC(C)(C)[C@H](F)CC[C@@H](C)[C@H]1CC[C@H]2[C@@H]3CC=C4C[C@@](I)(OC5CCCCO5)C[C@H](OC5CCCCO5)[C@]4(C)[C@H]3CC[C@]12C. The van der Waals surface area contributed by atoms with Crippen LogP contribution >= 0.6 is 22.6 Å². The highest BCUT2D eigenvalue weighted by Gasteiger charge is 2.63. The fourth-order valence-electron chi connectivity index (χ4n) is 11.7. The Bertz CT molecular complexity index is 1120. The molecule has 0 spiro atoms. The Hall–Kier alpha value is 0.160. The van der Waals surface area contributed by atoms with Crippen LogP contribution in [0.2, 0.25) is 0 Å².